The zero-order chi connectivity index (χ0) is 25.1. The van der Waals surface area contributed by atoms with E-state index in [1.165, 1.54) is 10.4 Å². The topological polar surface area (TPSA) is 38.8 Å². The Bertz CT molecular complexity index is 1060. The zero-order valence-electron chi connectivity index (χ0n) is 21.5. The smallest absolute Gasteiger partial charge is 0.261 e. The van der Waals surface area contributed by atoms with Crippen molar-refractivity contribution in [2.45, 2.75) is 64.5 Å². The molecule has 3 aromatic rings. The average molecular weight is 488 g/mol. The van der Waals surface area contributed by atoms with Crippen LogP contribution >= 0.6 is 0 Å². The van der Waals surface area contributed by atoms with Crippen LogP contribution in [0.5, 0.6) is 0 Å². The van der Waals surface area contributed by atoms with Gasteiger partial charge in [0.25, 0.3) is 14.2 Å². The van der Waals surface area contributed by atoms with Crippen molar-refractivity contribution in [1.29, 1.82) is 0 Å². The molecule has 1 saturated heterocycles. The third kappa shape index (κ3) is 5.13. The van der Waals surface area contributed by atoms with Gasteiger partial charge in [0.2, 0.25) is 0 Å². The van der Waals surface area contributed by atoms with Gasteiger partial charge in [-0.15, -0.1) is 0 Å². The van der Waals surface area contributed by atoms with Crippen LogP contribution in [-0.4, -0.2) is 44.0 Å². The predicted octanol–water partition coefficient (Wildman–Crippen LogP) is 4.77. The molecule has 1 aliphatic rings. The maximum Gasteiger partial charge on any atom is 0.261 e. The van der Waals surface area contributed by atoms with E-state index in [4.69, 9.17) is 9.16 Å². The first-order valence-corrected chi connectivity index (χ1v) is 14.4. The maximum absolute atomic E-state index is 13.3. The van der Waals surface area contributed by atoms with Gasteiger partial charge in [-0.05, 0) is 34.8 Å². The molecule has 0 radical (unpaired) electrons. The molecule has 0 bridgehead atoms. The zero-order valence-corrected chi connectivity index (χ0v) is 22.5. The van der Waals surface area contributed by atoms with Gasteiger partial charge in [0.15, 0.2) is 0 Å². The second-order valence-electron chi connectivity index (χ2n) is 10.5. The Hall–Kier alpha value is -2.73. The summed E-state index contributed by atoms with van der Waals surface area (Å²) in [6.45, 7) is 11.7. The Morgan fingerprint density at radius 2 is 1.31 bits per heavy atom. The third-order valence-electron chi connectivity index (χ3n) is 7.07. The normalized spacial score (nSPS) is 21.2. The summed E-state index contributed by atoms with van der Waals surface area (Å²) in [5.74, 6) is 0.0167. The van der Waals surface area contributed by atoms with E-state index >= 15 is 0 Å². The lowest BCUT2D eigenvalue weighted by Crippen LogP contribution is -2.68. The van der Waals surface area contributed by atoms with Gasteiger partial charge in [0.1, 0.15) is 6.10 Å². The molecule has 0 spiro atoms. The fourth-order valence-corrected chi connectivity index (χ4v) is 9.87. The molecule has 1 fully saturated rings. The highest BCUT2D eigenvalue weighted by Gasteiger charge is 2.51. The molecule has 4 rings (SSSR count). The second kappa shape index (κ2) is 10.5. The van der Waals surface area contributed by atoms with Crippen molar-refractivity contribution in [3.05, 3.63) is 96.6 Å². The molecule has 0 N–H and O–H groups in total. The molecule has 1 aliphatic heterocycles. The molecule has 1 heterocycles. The van der Waals surface area contributed by atoms with Crippen molar-refractivity contribution in [2.24, 2.45) is 0 Å². The molecule has 184 valence electrons. The number of rotatable bonds is 7. The molecule has 35 heavy (non-hydrogen) atoms. The SMILES string of the molecule is C[C@@H]1O[C@@H](C)[C@@H](CO[Si](c2ccccc2)(c2ccccc2)C(C)(C)C)N(Cc2ccccc2)C1=O. The summed E-state index contributed by atoms with van der Waals surface area (Å²) in [6, 6.07) is 31.2. The van der Waals surface area contributed by atoms with Crippen molar-refractivity contribution in [2.75, 3.05) is 6.61 Å². The van der Waals surface area contributed by atoms with Gasteiger partial charge in [0, 0.05) is 6.54 Å². The fraction of sp³-hybridized carbons (Fsp3) is 0.367. The maximum atomic E-state index is 13.3. The third-order valence-corrected chi connectivity index (χ3v) is 12.1. The van der Waals surface area contributed by atoms with Crippen molar-refractivity contribution in [3.63, 3.8) is 0 Å². The molecule has 3 atom stereocenters. The molecular formula is C30H37NO3Si. The number of morpholine rings is 1. The van der Waals surface area contributed by atoms with E-state index in [0.29, 0.717) is 13.2 Å². The van der Waals surface area contributed by atoms with Gasteiger partial charge >= 0.3 is 0 Å². The monoisotopic (exact) mass is 487 g/mol. The minimum absolute atomic E-state index is 0.0167. The highest BCUT2D eigenvalue weighted by Crippen LogP contribution is 2.37. The number of hydrogen-bond acceptors (Lipinski definition) is 3. The molecule has 0 aromatic heterocycles. The molecular weight excluding hydrogens is 450 g/mol. The summed E-state index contributed by atoms with van der Waals surface area (Å²) in [6.07, 6.45) is -0.595. The quantitative estimate of drug-likeness (QED) is 0.451. The lowest BCUT2D eigenvalue weighted by Gasteiger charge is -2.47. The van der Waals surface area contributed by atoms with Crippen LogP contribution in [-0.2, 0) is 20.5 Å². The summed E-state index contributed by atoms with van der Waals surface area (Å²) >= 11 is 0. The lowest BCUT2D eigenvalue weighted by atomic mass is 10.1. The second-order valence-corrected chi connectivity index (χ2v) is 14.8. The van der Waals surface area contributed by atoms with Crippen LogP contribution in [0.2, 0.25) is 5.04 Å². The van der Waals surface area contributed by atoms with E-state index in [1.807, 2.05) is 30.0 Å². The van der Waals surface area contributed by atoms with E-state index in [-0.39, 0.29) is 23.1 Å². The van der Waals surface area contributed by atoms with E-state index < -0.39 is 14.4 Å². The highest BCUT2D eigenvalue weighted by molar-refractivity contribution is 6.99. The summed E-state index contributed by atoms with van der Waals surface area (Å²) in [5, 5.41) is 2.34. The van der Waals surface area contributed by atoms with E-state index in [9.17, 15) is 4.79 Å². The molecule has 4 nitrogen and oxygen atoms in total. The van der Waals surface area contributed by atoms with Gasteiger partial charge < -0.3 is 14.1 Å². The van der Waals surface area contributed by atoms with E-state index in [2.05, 4.69) is 100 Å². The number of hydrogen-bond donors (Lipinski definition) is 0. The Labute approximate surface area is 211 Å². The number of benzene rings is 3. The van der Waals surface area contributed by atoms with Crippen LogP contribution in [0, 0.1) is 0 Å². The first kappa shape index (κ1) is 25.4. The van der Waals surface area contributed by atoms with Crippen LogP contribution in [0.3, 0.4) is 0 Å². The van der Waals surface area contributed by atoms with Gasteiger partial charge in [0.05, 0.1) is 18.8 Å². The Kier molecular flexibility index (Phi) is 7.60. The largest absolute Gasteiger partial charge is 0.405 e. The Morgan fingerprint density at radius 3 is 1.80 bits per heavy atom. The minimum atomic E-state index is -2.72. The van der Waals surface area contributed by atoms with Crippen molar-refractivity contribution >= 4 is 24.6 Å². The van der Waals surface area contributed by atoms with E-state index in [0.717, 1.165) is 5.56 Å². The van der Waals surface area contributed by atoms with Crippen molar-refractivity contribution in [3.8, 4) is 0 Å². The van der Waals surface area contributed by atoms with Crippen molar-refractivity contribution < 1.29 is 14.0 Å². The lowest BCUT2D eigenvalue weighted by molar-refractivity contribution is -0.171. The van der Waals surface area contributed by atoms with Crippen LogP contribution in [0.15, 0.2) is 91.0 Å². The first-order valence-electron chi connectivity index (χ1n) is 12.5. The van der Waals surface area contributed by atoms with Gasteiger partial charge in [-0.25, -0.2) is 0 Å². The predicted molar refractivity (Wildman–Crippen MR) is 144 cm³/mol. The van der Waals surface area contributed by atoms with Crippen LogP contribution < -0.4 is 10.4 Å². The van der Waals surface area contributed by atoms with Gasteiger partial charge in [-0.2, -0.15) is 0 Å². The van der Waals surface area contributed by atoms with Gasteiger partial charge in [-0.1, -0.05) is 112 Å². The average Bonchev–Trinajstić information content (AvgIpc) is 2.85. The molecule has 1 amide bonds. The number of carbonyl (C=O) groups is 1. The summed E-state index contributed by atoms with van der Waals surface area (Å²) < 4.78 is 13.3. The molecule has 0 aliphatic carbocycles. The molecule has 5 heteroatoms. The van der Waals surface area contributed by atoms with E-state index in [1.54, 1.807) is 0 Å². The van der Waals surface area contributed by atoms with Gasteiger partial charge in [-0.3, -0.25) is 4.79 Å². The minimum Gasteiger partial charge on any atom is -0.405 e. The van der Waals surface area contributed by atoms with Crippen LogP contribution in [0.25, 0.3) is 0 Å². The first-order chi connectivity index (χ1) is 16.7. The van der Waals surface area contributed by atoms with Crippen LogP contribution in [0.1, 0.15) is 40.2 Å². The summed E-state index contributed by atoms with van der Waals surface area (Å²) in [7, 11) is -2.72. The number of amides is 1. The van der Waals surface area contributed by atoms with Crippen LogP contribution in [0.4, 0.5) is 0 Å². The Morgan fingerprint density at radius 1 is 0.829 bits per heavy atom. The highest BCUT2D eigenvalue weighted by atomic mass is 28.4. The molecule has 3 aromatic carbocycles. The summed E-state index contributed by atoms with van der Waals surface area (Å²) in [4.78, 5) is 15.3. The Balaban J connectivity index is 1.73. The number of ether oxygens (including phenoxy) is 1. The fourth-order valence-electron chi connectivity index (χ4n) is 5.29. The summed E-state index contributed by atoms with van der Waals surface area (Å²) in [5.41, 5.74) is 1.11. The number of carbonyl (C=O) groups excluding carboxylic acids is 1. The number of nitrogens with zero attached hydrogens (tertiary/aromatic N) is 1. The molecule has 0 unspecified atom stereocenters. The molecule has 0 saturated carbocycles. The standard InChI is InChI=1S/C30H37NO3Si/c1-23-28(31(29(32)24(2)34-23)21-25-15-9-6-10-16-25)22-33-35(30(3,4)5,26-17-11-7-12-18-26)27-19-13-8-14-20-27/h6-20,23-24,28H,21-22H2,1-5H3/t23-,24-,28+/m0/s1. The van der Waals surface area contributed by atoms with Crippen molar-refractivity contribution in [1.82, 2.24) is 4.90 Å².